The van der Waals surface area contributed by atoms with Gasteiger partial charge in [-0.15, -0.1) is 0 Å². The van der Waals surface area contributed by atoms with Crippen molar-refractivity contribution in [2.24, 2.45) is 0 Å². The number of rotatable bonds is 5. The van der Waals surface area contributed by atoms with Crippen LogP contribution in [-0.4, -0.2) is 41.5 Å². The lowest BCUT2D eigenvalue weighted by atomic mass is 9.89. The van der Waals surface area contributed by atoms with Gasteiger partial charge >= 0.3 is 0 Å². The molecule has 3 rings (SSSR count). The van der Waals surface area contributed by atoms with Crippen LogP contribution in [0.4, 0.5) is 0 Å². The van der Waals surface area contributed by atoms with E-state index in [1.165, 1.54) is 18.1 Å². The molecule has 1 aromatic heterocycles. The highest BCUT2D eigenvalue weighted by Crippen LogP contribution is 2.29. The minimum absolute atomic E-state index is 0.0663. The number of piperidine rings is 1. The Morgan fingerprint density at radius 1 is 1.16 bits per heavy atom. The SMILES string of the molecule is O=C(NCCC(=O)N1CCC(c2ccc(O)cc2)CC1)c1ccoc1. The van der Waals surface area contributed by atoms with Crippen LogP contribution < -0.4 is 5.32 Å². The van der Waals surface area contributed by atoms with Crippen LogP contribution >= 0.6 is 0 Å². The molecule has 0 aliphatic carbocycles. The lowest BCUT2D eigenvalue weighted by molar-refractivity contribution is -0.132. The van der Waals surface area contributed by atoms with Crippen molar-refractivity contribution in [1.82, 2.24) is 10.2 Å². The van der Waals surface area contributed by atoms with E-state index < -0.39 is 0 Å². The zero-order valence-corrected chi connectivity index (χ0v) is 14.0. The summed E-state index contributed by atoms with van der Waals surface area (Å²) < 4.78 is 4.86. The molecule has 0 saturated carbocycles. The van der Waals surface area contributed by atoms with Gasteiger partial charge in [-0.2, -0.15) is 0 Å². The van der Waals surface area contributed by atoms with E-state index in [9.17, 15) is 14.7 Å². The fourth-order valence-electron chi connectivity index (χ4n) is 3.15. The zero-order chi connectivity index (χ0) is 17.6. The number of hydrogen-bond acceptors (Lipinski definition) is 4. The first-order chi connectivity index (χ1) is 12.1. The van der Waals surface area contributed by atoms with Crippen molar-refractivity contribution < 1.29 is 19.1 Å². The van der Waals surface area contributed by atoms with E-state index in [2.05, 4.69) is 5.32 Å². The van der Waals surface area contributed by atoms with Gasteiger partial charge in [0.15, 0.2) is 0 Å². The Balaban J connectivity index is 1.41. The topological polar surface area (TPSA) is 82.8 Å². The third kappa shape index (κ3) is 4.41. The van der Waals surface area contributed by atoms with Crippen LogP contribution in [0.5, 0.6) is 5.75 Å². The molecular formula is C19H22N2O4. The lowest BCUT2D eigenvalue weighted by Crippen LogP contribution is -2.39. The van der Waals surface area contributed by atoms with Gasteiger partial charge < -0.3 is 19.7 Å². The van der Waals surface area contributed by atoms with Gasteiger partial charge in [-0.3, -0.25) is 9.59 Å². The second kappa shape index (κ2) is 7.88. The van der Waals surface area contributed by atoms with E-state index in [0.29, 0.717) is 24.4 Å². The molecule has 0 radical (unpaired) electrons. The summed E-state index contributed by atoms with van der Waals surface area (Å²) in [5, 5.41) is 12.1. The van der Waals surface area contributed by atoms with Gasteiger partial charge in [0.1, 0.15) is 12.0 Å². The summed E-state index contributed by atoms with van der Waals surface area (Å²) in [4.78, 5) is 25.9. The number of phenols is 1. The molecule has 6 heteroatoms. The minimum atomic E-state index is -0.229. The molecule has 1 aliphatic rings. The van der Waals surface area contributed by atoms with Gasteiger partial charge in [-0.25, -0.2) is 0 Å². The second-order valence-corrected chi connectivity index (χ2v) is 6.26. The van der Waals surface area contributed by atoms with Crippen LogP contribution in [0.2, 0.25) is 0 Å². The number of furan rings is 1. The summed E-state index contributed by atoms with van der Waals surface area (Å²) in [6.45, 7) is 1.76. The molecule has 0 bridgehead atoms. The molecule has 2 aromatic rings. The number of likely N-dealkylation sites (tertiary alicyclic amines) is 1. The molecule has 132 valence electrons. The summed E-state index contributed by atoms with van der Waals surface area (Å²) in [5.74, 6) is 0.531. The normalized spacial score (nSPS) is 15.1. The highest BCUT2D eigenvalue weighted by molar-refractivity contribution is 5.94. The summed E-state index contributed by atoms with van der Waals surface area (Å²) >= 11 is 0. The molecule has 1 aliphatic heterocycles. The third-order valence-electron chi connectivity index (χ3n) is 4.62. The number of amides is 2. The van der Waals surface area contributed by atoms with Crippen LogP contribution in [0.15, 0.2) is 47.3 Å². The van der Waals surface area contributed by atoms with Crippen LogP contribution in [0.3, 0.4) is 0 Å². The average molecular weight is 342 g/mol. The van der Waals surface area contributed by atoms with Crippen molar-refractivity contribution >= 4 is 11.8 Å². The number of nitrogens with one attached hydrogen (secondary N) is 1. The number of nitrogens with zero attached hydrogens (tertiary/aromatic N) is 1. The van der Waals surface area contributed by atoms with Crippen LogP contribution in [-0.2, 0) is 4.79 Å². The largest absolute Gasteiger partial charge is 0.508 e. The van der Waals surface area contributed by atoms with E-state index in [1.54, 1.807) is 18.2 Å². The molecule has 1 saturated heterocycles. The molecular weight excluding hydrogens is 320 g/mol. The van der Waals surface area contributed by atoms with E-state index in [1.807, 2.05) is 17.0 Å². The third-order valence-corrected chi connectivity index (χ3v) is 4.62. The van der Waals surface area contributed by atoms with Crippen LogP contribution in [0.1, 0.15) is 41.1 Å². The Hall–Kier alpha value is -2.76. The molecule has 2 N–H and O–H groups in total. The average Bonchev–Trinajstić information content (AvgIpc) is 3.17. The molecule has 1 fully saturated rings. The number of hydrogen-bond donors (Lipinski definition) is 2. The number of carbonyl (C=O) groups is 2. The molecule has 0 unspecified atom stereocenters. The van der Waals surface area contributed by atoms with E-state index >= 15 is 0 Å². The highest BCUT2D eigenvalue weighted by atomic mass is 16.3. The Morgan fingerprint density at radius 3 is 2.52 bits per heavy atom. The van der Waals surface area contributed by atoms with Crippen molar-refractivity contribution in [3.05, 3.63) is 54.0 Å². The van der Waals surface area contributed by atoms with Crippen molar-refractivity contribution in [1.29, 1.82) is 0 Å². The lowest BCUT2D eigenvalue weighted by Gasteiger charge is -2.32. The maximum Gasteiger partial charge on any atom is 0.254 e. The van der Waals surface area contributed by atoms with Crippen molar-refractivity contribution in [2.75, 3.05) is 19.6 Å². The van der Waals surface area contributed by atoms with Gasteiger partial charge in [0.05, 0.1) is 11.8 Å². The zero-order valence-electron chi connectivity index (χ0n) is 14.0. The Morgan fingerprint density at radius 2 is 1.88 bits per heavy atom. The first-order valence-corrected chi connectivity index (χ1v) is 8.50. The Kier molecular flexibility index (Phi) is 5.38. The smallest absolute Gasteiger partial charge is 0.254 e. The number of phenolic OH excluding ortho intramolecular Hbond substituents is 1. The summed E-state index contributed by atoms with van der Waals surface area (Å²) in [7, 11) is 0. The van der Waals surface area contributed by atoms with Crippen LogP contribution in [0, 0.1) is 0 Å². The summed E-state index contributed by atoms with van der Waals surface area (Å²) in [6, 6.07) is 8.89. The molecule has 1 aromatic carbocycles. The van der Waals surface area contributed by atoms with Crippen LogP contribution in [0.25, 0.3) is 0 Å². The molecule has 25 heavy (non-hydrogen) atoms. The Bertz CT molecular complexity index is 702. The van der Waals surface area contributed by atoms with E-state index in [-0.39, 0.29) is 17.6 Å². The maximum absolute atomic E-state index is 12.3. The number of aromatic hydroxyl groups is 1. The monoisotopic (exact) mass is 342 g/mol. The molecule has 6 nitrogen and oxygen atoms in total. The second-order valence-electron chi connectivity index (χ2n) is 6.26. The van der Waals surface area contributed by atoms with Gasteiger partial charge in [0.25, 0.3) is 5.91 Å². The summed E-state index contributed by atoms with van der Waals surface area (Å²) in [5.41, 5.74) is 1.67. The fraction of sp³-hybridized carbons (Fsp3) is 0.368. The number of benzene rings is 1. The van der Waals surface area contributed by atoms with E-state index in [4.69, 9.17) is 4.42 Å². The molecule has 0 atom stereocenters. The molecule has 2 amide bonds. The highest BCUT2D eigenvalue weighted by Gasteiger charge is 2.23. The Labute approximate surface area is 146 Å². The van der Waals surface area contributed by atoms with Gasteiger partial charge in [0, 0.05) is 26.1 Å². The van der Waals surface area contributed by atoms with Crippen molar-refractivity contribution in [2.45, 2.75) is 25.2 Å². The van der Waals surface area contributed by atoms with Gasteiger partial charge in [0.2, 0.25) is 5.91 Å². The molecule has 2 heterocycles. The standard InChI is InChI=1S/C19H22N2O4/c22-17-3-1-14(2-4-17)15-6-10-21(11-7-15)18(23)5-9-20-19(24)16-8-12-25-13-16/h1-4,8,12-13,15,22H,5-7,9-11H2,(H,20,24). The van der Waals surface area contributed by atoms with Crippen molar-refractivity contribution in [3.8, 4) is 5.75 Å². The first kappa shape index (κ1) is 17.1. The predicted octanol–water partition coefficient (Wildman–Crippen LogP) is 2.51. The predicted molar refractivity (Wildman–Crippen MR) is 92.3 cm³/mol. The quantitative estimate of drug-likeness (QED) is 0.875. The van der Waals surface area contributed by atoms with Gasteiger partial charge in [-0.1, -0.05) is 12.1 Å². The fourth-order valence-corrected chi connectivity index (χ4v) is 3.15. The first-order valence-electron chi connectivity index (χ1n) is 8.50. The van der Waals surface area contributed by atoms with E-state index in [0.717, 1.165) is 25.9 Å². The molecule has 0 spiro atoms. The summed E-state index contributed by atoms with van der Waals surface area (Å²) in [6.07, 6.45) is 4.95. The number of carbonyl (C=O) groups excluding carboxylic acids is 2. The van der Waals surface area contributed by atoms with Gasteiger partial charge in [-0.05, 0) is 42.5 Å². The minimum Gasteiger partial charge on any atom is -0.508 e. The maximum atomic E-state index is 12.3. The van der Waals surface area contributed by atoms with Crippen molar-refractivity contribution in [3.63, 3.8) is 0 Å².